The van der Waals surface area contributed by atoms with E-state index in [9.17, 15) is 24.6 Å². The van der Waals surface area contributed by atoms with Crippen molar-refractivity contribution in [3.63, 3.8) is 0 Å². The van der Waals surface area contributed by atoms with Crippen LogP contribution in [0.1, 0.15) is 38.4 Å². The summed E-state index contributed by atoms with van der Waals surface area (Å²) in [6, 6.07) is 7.45. The normalized spacial score (nSPS) is 18.1. The Morgan fingerprint density at radius 3 is 2.70 bits per heavy atom. The lowest BCUT2D eigenvalue weighted by Crippen LogP contribution is -2.44. The lowest BCUT2D eigenvalue weighted by molar-refractivity contribution is -0.138. The molecule has 0 aliphatic carbocycles. The zero-order valence-corrected chi connectivity index (χ0v) is 22.8. The number of aliphatic hydroxyl groups excluding tert-OH is 1. The van der Waals surface area contributed by atoms with Gasteiger partial charge in [-0.15, -0.1) is 0 Å². The molecule has 2 atom stereocenters. The number of carbonyl (C=O) groups excluding carboxylic acids is 2. The van der Waals surface area contributed by atoms with Crippen molar-refractivity contribution in [1.29, 1.82) is 0 Å². The van der Waals surface area contributed by atoms with Crippen molar-refractivity contribution in [3.05, 3.63) is 69.0 Å². The van der Waals surface area contributed by atoms with Gasteiger partial charge in [-0.05, 0) is 48.2 Å². The monoisotopic (exact) mass is 587 g/mol. The summed E-state index contributed by atoms with van der Waals surface area (Å²) in [5, 5.41) is 26.2. The van der Waals surface area contributed by atoms with E-state index in [-0.39, 0.29) is 40.6 Å². The number of aliphatic hydroxyl groups is 1. The van der Waals surface area contributed by atoms with E-state index in [1.165, 1.54) is 0 Å². The first-order chi connectivity index (χ1) is 19.1. The predicted octanol–water partition coefficient (Wildman–Crippen LogP) is 1.40. The Morgan fingerprint density at radius 2 is 2.00 bits per heavy atom. The van der Waals surface area contributed by atoms with Crippen LogP contribution in [0.5, 0.6) is 0 Å². The molecular formula is C26H27Cl2N7O5. The molecule has 5 rings (SSSR count). The van der Waals surface area contributed by atoms with Crippen LogP contribution in [0.4, 0.5) is 0 Å². The zero-order valence-electron chi connectivity index (χ0n) is 21.3. The van der Waals surface area contributed by atoms with Gasteiger partial charge < -0.3 is 31.1 Å². The van der Waals surface area contributed by atoms with Crippen molar-refractivity contribution in [1.82, 2.24) is 24.7 Å². The van der Waals surface area contributed by atoms with Crippen LogP contribution in [0.15, 0.2) is 41.5 Å². The van der Waals surface area contributed by atoms with Crippen molar-refractivity contribution in [2.75, 3.05) is 26.2 Å². The molecule has 2 aliphatic heterocycles. The Balaban J connectivity index is 1.30. The summed E-state index contributed by atoms with van der Waals surface area (Å²) in [6.45, 7) is 1.06. The number of carbonyl (C=O) groups is 3. The molecule has 1 aromatic carbocycles. The molecule has 0 saturated carbocycles. The first kappa shape index (κ1) is 27.7. The van der Waals surface area contributed by atoms with Crippen LogP contribution in [-0.4, -0.2) is 91.7 Å². The standard InChI is InChI=1S/C26H27Cl2N7O5/c27-18-9-14-12-33(24(38)19-10-15-3-1-2-6-35(15)32-19)8-5-17(14)22(28)21(18)23(37)31-20(25(39)40)11-30-26(29)34-7-4-16(36)13-34/h1-3,6,9-10,16,20,36H,4-5,7-8,11-13H2,(H2,29,30)(H,31,37)(H,39,40)/t16-,20-/m0/s1. The number of likely N-dealkylation sites (tertiary alicyclic amines) is 1. The van der Waals surface area contributed by atoms with Crippen LogP contribution in [0.3, 0.4) is 0 Å². The largest absolute Gasteiger partial charge is 0.480 e. The number of pyridine rings is 1. The maximum Gasteiger partial charge on any atom is 0.328 e. The minimum absolute atomic E-state index is 0.0292. The maximum atomic E-state index is 13.1. The minimum Gasteiger partial charge on any atom is -0.480 e. The lowest BCUT2D eigenvalue weighted by Gasteiger charge is -2.30. The molecule has 210 valence electrons. The number of nitrogens with two attached hydrogens (primary N) is 1. The molecule has 2 aromatic heterocycles. The number of nitrogens with one attached hydrogen (secondary N) is 1. The number of aliphatic imine (C=N–C) groups is 1. The minimum atomic E-state index is -1.39. The van der Waals surface area contributed by atoms with Crippen molar-refractivity contribution < 1.29 is 24.6 Å². The molecule has 14 heteroatoms. The molecule has 4 heterocycles. The second-order valence-electron chi connectivity index (χ2n) is 9.71. The third-order valence-electron chi connectivity index (χ3n) is 7.03. The van der Waals surface area contributed by atoms with Crippen molar-refractivity contribution in [3.8, 4) is 0 Å². The van der Waals surface area contributed by atoms with Gasteiger partial charge in [-0.2, -0.15) is 5.10 Å². The van der Waals surface area contributed by atoms with Gasteiger partial charge in [-0.1, -0.05) is 29.3 Å². The highest BCUT2D eigenvalue weighted by Crippen LogP contribution is 2.35. The third-order valence-corrected chi connectivity index (χ3v) is 7.75. The number of aliphatic carboxylic acids is 1. The molecular weight excluding hydrogens is 561 g/mol. The van der Waals surface area contributed by atoms with Gasteiger partial charge in [-0.25, -0.2) is 9.31 Å². The number of carboxylic acid groups (broad SMARTS) is 1. The number of β-amino-alcohol motifs (C(OH)–C–C–N with tert-alkyl or cyclic N) is 1. The molecule has 0 unspecified atom stereocenters. The number of benzene rings is 1. The zero-order chi connectivity index (χ0) is 28.6. The van der Waals surface area contributed by atoms with Gasteiger partial charge in [0.1, 0.15) is 6.04 Å². The van der Waals surface area contributed by atoms with E-state index in [0.29, 0.717) is 49.3 Å². The number of aromatic nitrogens is 2. The molecule has 40 heavy (non-hydrogen) atoms. The van der Waals surface area contributed by atoms with Crippen LogP contribution in [-0.2, 0) is 17.8 Å². The van der Waals surface area contributed by atoms with E-state index >= 15 is 0 Å². The average Bonchev–Trinajstić information content (AvgIpc) is 3.56. The third kappa shape index (κ3) is 5.55. The van der Waals surface area contributed by atoms with Crippen LogP contribution < -0.4 is 11.1 Å². The number of carboxylic acids is 1. The molecule has 3 aromatic rings. The second kappa shape index (κ2) is 11.3. The van der Waals surface area contributed by atoms with E-state index in [1.807, 2.05) is 18.2 Å². The van der Waals surface area contributed by atoms with Crippen LogP contribution >= 0.6 is 23.2 Å². The average molecular weight is 588 g/mol. The van der Waals surface area contributed by atoms with Gasteiger partial charge in [-0.3, -0.25) is 14.6 Å². The highest BCUT2D eigenvalue weighted by Gasteiger charge is 2.30. The van der Waals surface area contributed by atoms with Crippen molar-refractivity contribution in [2.24, 2.45) is 10.7 Å². The van der Waals surface area contributed by atoms with Gasteiger partial charge in [0.25, 0.3) is 11.8 Å². The van der Waals surface area contributed by atoms with Crippen LogP contribution in [0, 0.1) is 0 Å². The number of nitrogens with zero attached hydrogens (tertiary/aromatic N) is 5. The lowest BCUT2D eigenvalue weighted by atomic mass is 9.96. The van der Waals surface area contributed by atoms with Crippen LogP contribution in [0.2, 0.25) is 10.0 Å². The van der Waals surface area contributed by atoms with E-state index < -0.39 is 24.0 Å². The quantitative estimate of drug-likeness (QED) is 0.248. The fourth-order valence-corrected chi connectivity index (χ4v) is 5.65. The van der Waals surface area contributed by atoms with Gasteiger partial charge >= 0.3 is 5.97 Å². The first-order valence-electron chi connectivity index (χ1n) is 12.6. The number of hydrogen-bond acceptors (Lipinski definition) is 6. The fraction of sp³-hybridized carbons (Fsp3) is 0.346. The Morgan fingerprint density at radius 1 is 1.20 bits per heavy atom. The summed E-state index contributed by atoms with van der Waals surface area (Å²) in [4.78, 5) is 45.5. The summed E-state index contributed by atoms with van der Waals surface area (Å²) >= 11 is 13.1. The molecule has 1 saturated heterocycles. The summed E-state index contributed by atoms with van der Waals surface area (Å²) < 4.78 is 1.63. The first-order valence-corrected chi connectivity index (χ1v) is 13.4. The molecule has 0 radical (unpaired) electrons. The van der Waals surface area contributed by atoms with Gasteiger partial charge in [0.05, 0.1) is 33.8 Å². The van der Waals surface area contributed by atoms with Gasteiger partial charge in [0.2, 0.25) is 0 Å². The SMILES string of the molecule is NC(=NC[C@H](NC(=O)c1c(Cl)cc2c(c1Cl)CCN(C(=O)c1cc3ccccn3n1)C2)C(=O)O)N1CC[C@H](O)C1. The smallest absolute Gasteiger partial charge is 0.328 e. The molecule has 5 N–H and O–H groups in total. The second-order valence-corrected chi connectivity index (χ2v) is 10.5. The van der Waals surface area contributed by atoms with Crippen LogP contribution in [0.25, 0.3) is 5.52 Å². The Bertz CT molecular complexity index is 1490. The number of fused-ring (bicyclic) bond motifs is 2. The van der Waals surface area contributed by atoms with Crippen molar-refractivity contribution in [2.45, 2.75) is 31.5 Å². The number of hydrogen-bond donors (Lipinski definition) is 4. The summed E-state index contributed by atoms with van der Waals surface area (Å²) in [5.74, 6) is -2.22. The molecule has 2 aliphatic rings. The topological polar surface area (TPSA) is 166 Å². The maximum absolute atomic E-state index is 13.1. The molecule has 0 spiro atoms. The fourth-order valence-electron chi connectivity index (χ4n) is 4.89. The predicted molar refractivity (Wildman–Crippen MR) is 148 cm³/mol. The number of rotatable bonds is 6. The number of halogens is 2. The summed E-state index contributed by atoms with van der Waals surface area (Å²) in [6.07, 6.45) is 2.15. The highest BCUT2D eigenvalue weighted by atomic mass is 35.5. The Kier molecular flexibility index (Phi) is 7.83. The summed E-state index contributed by atoms with van der Waals surface area (Å²) in [7, 11) is 0. The van der Waals surface area contributed by atoms with E-state index in [4.69, 9.17) is 28.9 Å². The van der Waals surface area contributed by atoms with E-state index in [2.05, 4.69) is 15.4 Å². The van der Waals surface area contributed by atoms with Gasteiger partial charge in [0, 0.05) is 32.4 Å². The van der Waals surface area contributed by atoms with Gasteiger partial charge in [0.15, 0.2) is 11.7 Å². The number of guanidine groups is 1. The highest BCUT2D eigenvalue weighted by molar-refractivity contribution is 6.40. The molecule has 2 amide bonds. The summed E-state index contributed by atoms with van der Waals surface area (Å²) in [5.41, 5.74) is 8.35. The van der Waals surface area contributed by atoms with E-state index in [1.54, 1.807) is 32.6 Å². The van der Waals surface area contributed by atoms with E-state index in [0.717, 1.165) is 5.52 Å². The molecule has 12 nitrogen and oxygen atoms in total. The van der Waals surface area contributed by atoms with Crippen molar-refractivity contribution >= 4 is 52.5 Å². The molecule has 1 fully saturated rings. The Labute approximate surface area is 239 Å². The molecule has 0 bridgehead atoms. The Hall–Kier alpha value is -3.87. The number of amides is 2.